The second kappa shape index (κ2) is 5.44. The Bertz CT molecular complexity index is 447. The highest BCUT2D eigenvalue weighted by Crippen LogP contribution is 2.41. The molecule has 2 N–H and O–H groups in total. The van der Waals surface area contributed by atoms with E-state index in [2.05, 4.69) is 53.7 Å². The summed E-state index contributed by atoms with van der Waals surface area (Å²) in [6, 6.07) is 4.35. The van der Waals surface area contributed by atoms with Gasteiger partial charge in [0.1, 0.15) is 5.75 Å². The molecule has 0 saturated heterocycles. The molecular formula is C17H29NO. The molecule has 0 bridgehead atoms. The highest BCUT2D eigenvalue weighted by atomic mass is 16.5. The van der Waals surface area contributed by atoms with Gasteiger partial charge < -0.3 is 10.5 Å². The average molecular weight is 263 g/mol. The summed E-state index contributed by atoms with van der Waals surface area (Å²) in [5.74, 6) is 0.836. The molecule has 0 aromatic heterocycles. The van der Waals surface area contributed by atoms with Crippen LogP contribution < -0.4 is 10.5 Å². The van der Waals surface area contributed by atoms with E-state index < -0.39 is 0 Å². The Hall–Kier alpha value is -1.18. The molecule has 0 radical (unpaired) electrons. The maximum Gasteiger partial charge on any atom is 0.145 e. The first-order valence-electron chi connectivity index (χ1n) is 7.18. The zero-order chi connectivity index (χ0) is 14.8. The first-order chi connectivity index (χ1) is 8.69. The number of methoxy groups -OCH3 is 1. The lowest BCUT2D eigenvalue weighted by Crippen LogP contribution is -2.21. The minimum absolute atomic E-state index is 0.0687. The average Bonchev–Trinajstić information content (AvgIpc) is 2.37. The molecule has 1 aromatic rings. The van der Waals surface area contributed by atoms with Crippen LogP contribution in [0.25, 0.3) is 0 Å². The van der Waals surface area contributed by atoms with Crippen LogP contribution in [0.4, 0.5) is 5.69 Å². The monoisotopic (exact) mass is 263 g/mol. The smallest absolute Gasteiger partial charge is 0.145 e. The highest BCUT2D eigenvalue weighted by Gasteiger charge is 2.28. The number of nitrogen functional groups attached to an aromatic ring is 1. The molecule has 0 unspecified atom stereocenters. The van der Waals surface area contributed by atoms with Crippen molar-refractivity contribution < 1.29 is 4.74 Å². The molecule has 0 aliphatic rings. The highest BCUT2D eigenvalue weighted by molar-refractivity contribution is 5.61. The van der Waals surface area contributed by atoms with Crippen LogP contribution in [0.1, 0.15) is 65.5 Å². The molecular weight excluding hydrogens is 234 g/mol. The normalized spacial score (nSPS) is 12.6. The predicted octanol–water partition coefficient (Wildman–Crippen LogP) is 4.65. The van der Waals surface area contributed by atoms with E-state index >= 15 is 0 Å². The lowest BCUT2D eigenvalue weighted by atomic mass is 9.76. The number of hydrogen-bond acceptors (Lipinski definition) is 2. The van der Waals surface area contributed by atoms with Crippen molar-refractivity contribution in [1.82, 2.24) is 0 Å². The summed E-state index contributed by atoms with van der Waals surface area (Å²) in [4.78, 5) is 0. The third kappa shape index (κ3) is 3.05. The first-order valence-corrected chi connectivity index (χ1v) is 7.18. The molecule has 0 amide bonds. The molecule has 2 nitrogen and oxygen atoms in total. The molecule has 0 aliphatic heterocycles. The van der Waals surface area contributed by atoms with Gasteiger partial charge in [-0.3, -0.25) is 0 Å². The summed E-state index contributed by atoms with van der Waals surface area (Å²) in [6.45, 7) is 13.4. The Morgan fingerprint density at radius 1 is 1.00 bits per heavy atom. The van der Waals surface area contributed by atoms with Gasteiger partial charge in [0, 0.05) is 5.56 Å². The summed E-state index contributed by atoms with van der Waals surface area (Å²) in [5, 5.41) is 0. The zero-order valence-electron chi connectivity index (χ0n) is 13.6. The van der Waals surface area contributed by atoms with Crippen molar-refractivity contribution >= 4 is 5.69 Å². The van der Waals surface area contributed by atoms with E-state index in [1.54, 1.807) is 7.11 Å². The third-order valence-corrected chi connectivity index (χ3v) is 4.60. The Labute approximate surface area is 118 Å². The summed E-state index contributed by atoms with van der Waals surface area (Å²) >= 11 is 0. The van der Waals surface area contributed by atoms with Gasteiger partial charge in [-0.1, -0.05) is 47.6 Å². The van der Waals surface area contributed by atoms with Gasteiger partial charge in [-0.05, 0) is 35.3 Å². The molecule has 0 saturated carbocycles. The fourth-order valence-electron chi connectivity index (χ4n) is 2.17. The maximum absolute atomic E-state index is 6.21. The molecule has 0 fully saturated rings. The summed E-state index contributed by atoms with van der Waals surface area (Å²) < 4.78 is 5.54. The topological polar surface area (TPSA) is 35.2 Å². The molecule has 1 aromatic carbocycles. The Morgan fingerprint density at radius 3 is 1.95 bits per heavy atom. The van der Waals surface area contributed by atoms with E-state index in [0.29, 0.717) is 0 Å². The minimum atomic E-state index is 0.0687. The second-order valence-corrected chi connectivity index (χ2v) is 6.62. The molecule has 0 heterocycles. The van der Waals surface area contributed by atoms with E-state index in [-0.39, 0.29) is 10.8 Å². The number of ether oxygens (including phenoxy) is 1. The fraction of sp³-hybridized carbons (Fsp3) is 0.647. The van der Waals surface area contributed by atoms with Gasteiger partial charge in [0.15, 0.2) is 0 Å². The Balaban J connectivity index is 3.52. The van der Waals surface area contributed by atoms with Gasteiger partial charge in [0.25, 0.3) is 0 Å². The van der Waals surface area contributed by atoms with Crippen LogP contribution in [0, 0.1) is 0 Å². The van der Waals surface area contributed by atoms with E-state index in [1.807, 2.05) is 0 Å². The van der Waals surface area contributed by atoms with Gasteiger partial charge in [-0.25, -0.2) is 0 Å². The van der Waals surface area contributed by atoms with Crippen LogP contribution in [0.2, 0.25) is 0 Å². The summed E-state index contributed by atoms with van der Waals surface area (Å²) in [5.41, 5.74) is 9.68. The molecule has 0 atom stereocenters. The lowest BCUT2D eigenvalue weighted by molar-refractivity contribution is 0.389. The SMILES string of the molecule is CCC(C)(C)c1cc(N)c(OC)c(C(C)(C)CC)c1. The van der Waals surface area contributed by atoms with Crippen molar-refractivity contribution in [2.24, 2.45) is 0 Å². The van der Waals surface area contributed by atoms with E-state index in [9.17, 15) is 0 Å². The van der Waals surface area contributed by atoms with Crippen molar-refractivity contribution in [2.75, 3.05) is 12.8 Å². The van der Waals surface area contributed by atoms with Gasteiger partial charge in [0.2, 0.25) is 0 Å². The van der Waals surface area contributed by atoms with Crippen LogP contribution in [0.5, 0.6) is 5.75 Å². The van der Waals surface area contributed by atoms with Crippen LogP contribution >= 0.6 is 0 Å². The molecule has 0 aliphatic carbocycles. The number of anilines is 1. The van der Waals surface area contributed by atoms with Crippen LogP contribution in [0.3, 0.4) is 0 Å². The molecule has 2 heteroatoms. The van der Waals surface area contributed by atoms with Crippen LogP contribution in [-0.2, 0) is 10.8 Å². The fourth-order valence-corrected chi connectivity index (χ4v) is 2.17. The maximum atomic E-state index is 6.21. The molecule has 1 rings (SSSR count). The predicted molar refractivity (Wildman–Crippen MR) is 84.0 cm³/mol. The van der Waals surface area contributed by atoms with Gasteiger partial charge in [-0.15, -0.1) is 0 Å². The number of benzene rings is 1. The van der Waals surface area contributed by atoms with Gasteiger partial charge >= 0.3 is 0 Å². The largest absolute Gasteiger partial charge is 0.494 e. The molecule has 0 spiro atoms. The Morgan fingerprint density at radius 2 is 1.53 bits per heavy atom. The first kappa shape index (κ1) is 15.9. The van der Waals surface area contributed by atoms with E-state index in [0.717, 1.165) is 24.3 Å². The molecule has 108 valence electrons. The van der Waals surface area contributed by atoms with Crippen molar-refractivity contribution in [2.45, 2.75) is 65.2 Å². The Kier molecular flexibility index (Phi) is 4.54. The second-order valence-electron chi connectivity index (χ2n) is 6.62. The summed E-state index contributed by atoms with van der Waals surface area (Å²) in [6.07, 6.45) is 2.14. The van der Waals surface area contributed by atoms with Gasteiger partial charge in [0.05, 0.1) is 12.8 Å². The number of rotatable bonds is 5. The quantitative estimate of drug-likeness (QED) is 0.785. The third-order valence-electron chi connectivity index (χ3n) is 4.60. The van der Waals surface area contributed by atoms with Crippen molar-refractivity contribution in [1.29, 1.82) is 0 Å². The van der Waals surface area contributed by atoms with Crippen LogP contribution in [-0.4, -0.2) is 7.11 Å². The van der Waals surface area contributed by atoms with Crippen LogP contribution in [0.15, 0.2) is 12.1 Å². The number of nitrogens with two attached hydrogens (primary N) is 1. The van der Waals surface area contributed by atoms with Crippen molar-refractivity contribution in [3.05, 3.63) is 23.3 Å². The lowest BCUT2D eigenvalue weighted by Gasteiger charge is -2.31. The minimum Gasteiger partial charge on any atom is -0.494 e. The van der Waals surface area contributed by atoms with E-state index in [1.165, 1.54) is 11.1 Å². The van der Waals surface area contributed by atoms with E-state index in [4.69, 9.17) is 10.5 Å². The standard InChI is InChI=1S/C17H29NO/c1-8-16(3,4)12-10-13(17(5,6)9-2)15(19-7)14(18)11-12/h10-11H,8-9,18H2,1-7H3. The zero-order valence-corrected chi connectivity index (χ0v) is 13.6. The van der Waals surface area contributed by atoms with Crippen molar-refractivity contribution in [3.63, 3.8) is 0 Å². The summed E-state index contributed by atoms with van der Waals surface area (Å²) in [7, 11) is 1.70. The number of hydrogen-bond donors (Lipinski definition) is 1. The van der Waals surface area contributed by atoms with Gasteiger partial charge in [-0.2, -0.15) is 0 Å². The van der Waals surface area contributed by atoms with Crippen molar-refractivity contribution in [3.8, 4) is 5.75 Å². The molecule has 19 heavy (non-hydrogen) atoms.